The number of nitro groups is 1. The summed E-state index contributed by atoms with van der Waals surface area (Å²) in [4.78, 5) is 32.4. The van der Waals surface area contributed by atoms with Gasteiger partial charge in [0.25, 0.3) is 0 Å². The number of aromatic nitrogens is 2. The molecule has 0 amide bonds. The lowest BCUT2D eigenvalue weighted by atomic mass is 10.2. The van der Waals surface area contributed by atoms with Gasteiger partial charge in [0, 0.05) is 17.1 Å². The molecular weight excluding hydrogens is 442 g/mol. The standard InChI is InChI=1S/C20H14FN4O6P/c21-12-1-8-16-17(11-12)23-18(9-6-14-7-10-19(29-14)25(26)27)24-20(16)22-13-2-4-15(5-3-13)30-31-32-28/h1-11,28,32H,(H,22,23,24)/b9-6+. The van der Waals surface area contributed by atoms with Gasteiger partial charge in [-0.2, -0.15) is 0 Å². The Kier molecular flexibility index (Phi) is 6.31. The molecule has 4 rings (SSSR count). The van der Waals surface area contributed by atoms with Crippen molar-refractivity contribution in [2.45, 2.75) is 0 Å². The molecule has 0 fully saturated rings. The number of nitrogens with one attached hydrogen (secondary N) is 1. The van der Waals surface area contributed by atoms with Gasteiger partial charge in [-0.15, -0.1) is 4.67 Å². The lowest BCUT2D eigenvalue weighted by molar-refractivity contribution is -0.402. The van der Waals surface area contributed by atoms with Crippen LogP contribution in [0.4, 0.5) is 21.8 Å². The summed E-state index contributed by atoms with van der Waals surface area (Å²) >= 11 is 0. The number of benzene rings is 2. The van der Waals surface area contributed by atoms with Crippen molar-refractivity contribution in [2.24, 2.45) is 0 Å². The molecular formula is C20H14FN4O6P. The van der Waals surface area contributed by atoms with Gasteiger partial charge in [-0.3, -0.25) is 10.1 Å². The van der Waals surface area contributed by atoms with Gasteiger partial charge in [0.05, 0.1) is 11.6 Å². The van der Waals surface area contributed by atoms with E-state index in [1.165, 1.54) is 36.4 Å². The number of hydrogen-bond donors (Lipinski definition) is 2. The molecule has 10 nitrogen and oxygen atoms in total. The minimum atomic E-state index is -0.798. The van der Waals surface area contributed by atoms with Crippen LogP contribution in [-0.2, 0) is 4.67 Å². The van der Waals surface area contributed by atoms with E-state index in [0.29, 0.717) is 28.2 Å². The van der Waals surface area contributed by atoms with E-state index in [2.05, 4.69) is 20.0 Å². The van der Waals surface area contributed by atoms with E-state index in [0.717, 1.165) is 0 Å². The highest BCUT2D eigenvalue weighted by Gasteiger charge is 2.11. The predicted molar refractivity (Wildman–Crippen MR) is 116 cm³/mol. The number of halogens is 1. The van der Waals surface area contributed by atoms with Gasteiger partial charge in [-0.1, -0.05) is 0 Å². The van der Waals surface area contributed by atoms with Crippen molar-refractivity contribution >= 4 is 49.5 Å². The molecule has 0 saturated carbocycles. The quantitative estimate of drug-likeness (QED) is 0.163. The Morgan fingerprint density at radius 3 is 2.66 bits per heavy atom. The zero-order chi connectivity index (χ0) is 22.5. The summed E-state index contributed by atoms with van der Waals surface area (Å²) in [5.74, 6) is 0.456. The molecule has 2 N–H and O–H groups in total. The Labute approximate surface area is 181 Å². The molecule has 2 aromatic carbocycles. The predicted octanol–water partition coefficient (Wildman–Crippen LogP) is 5.00. The highest BCUT2D eigenvalue weighted by molar-refractivity contribution is 7.24. The maximum absolute atomic E-state index is 13.8. The second-order valence-corrected chi connectivity index (χ2v) is 6.61. The molecule has 32 heavy (non-hydrogen) atoms. The fourth-order valence-electron chi connectivity index (χ4n) is 2.77. The topological polar surface area (TPSA) is 133 Å². The van der Waals surface area contributed by atoms with Crippen LogP contribution in [0.1, 0.15) is 11.6 Å². The van der Waals surface area contributed by atoms with E-state index in [9.17, 15) is 14.5 Å². The van der Waals surface area contributed by atoms with E-state index < -0.39 is 19.8 Å². The van der Waals surface area contributed by atoms with Crippen LogP contribution in [0.15, 0.2) is 59.0 Å². The van der Waals surface area contributed by atoms with Crippen LogP contribution in [0, 0.1) is 15.9 Å². The minimum absolute atomic E-state index is 0.238. The first-order valence-corrected chi connectivity index (χ1v) is 9.87. The van der Waals surface area contributed by atoms with Crippen LogP contribution in [-0.4, -0.2) is 19.8 Å². The Bertz CT molecular complexity index is 1300. The molecule has 12 heteroatoms. The van der Waals surface area contributed by atoms with E-state index in [1.807, 2.05) is 0 Å². The molecule has 0 aliphatic rings. The fourth-order valence-corrected chi connectivity index (χ4v) is 2.91. The van der Waals surface area contributed by atoms with Crippen LogP contribution in [0.25, 0.3) is 23.1 Å². The summed E-state index contributed by atoms with van der Waals surface area (Å²) in [6, 6.07) is 13.5. The van der Waals surface area contributed by atoms with Crippen molar-refractivity contribution in [1.29, 1.82) is 0 Å². The van der Waals surface area contributed by atoms with Crippen molar-refractivity contribution in [2.75, 3.05) is 5.32 Å². The molecule has 0 bridgehead atoms. The normalized spacial score (nSPS) is 11.6. The van der Waals surface area contributed by atoms with Gasteiger partial charge in [-0.05, 0) is 54.6 Å². The number of rotatable bonds is 8. The number of anilines is 2. The molecule has 0 radical (unpaired) electrons. The van der Waals surface area contributed by atoms with Crippen LogP contribution in [0.2, 0.25) is 0 Å². The summed E-state index contributed by atoms with van der Waals surface area (Å²) in [7, 11) is -0.798. The number of fused-ring (bicyclic) bond motifs is 1. The van der Waals surface area contributed by atoms with Crippen molar-refractivity contribution < 1.29 is 28.2 Å². The Balaban J connectivity index is 1.64. The first-order valence-electron chi connectivity index (χ1n) is 9.01. The van der Waals surface area contributed by atoms with Gasteiger partial charge in [0.1, 0.15) is 22.3 Å². The summed E-state index contributed by atoms with van der Waals surface area (Å²) < 4.78 is 23.4. The van der Waals surface area contributed by atoms with Crippen LogP contribution in [0.5, 0.6) is 5.75 Å². The molecule has 1 atom stereocenters. The number of furan rings is 1. The number of nitrogens with zero attached hydrogens (tertiary/aromatic N) is 3. The minimum Gasteiger partial charge on any atom is -0.401 e. The van der Waals surface area contributed by atoms with Gasteiger partial charge >= 0.3 is 5.88 Å². The molecule has 0 aliphatic heterocycles. The van der Waals surface area contributed by atoms with Gasteiger partial charge in [0.2, 0.25) is 9.03 Å². The third-order valence-corrected chi connectivity index (χ3v) is 4.32. The molecule has 0 aliphatic carbocycles. The van der Waals surface area contributed by atoms with Crippen LogP contribution in [0.3, 0.4) is 0 Å². The maximum Gasteiger partial charge on any atom is 0.433 e. The molecule has 0 saturated heterocycles. The zero-order valence-electron chi connectivity index (χ0n) is 16.1. The van der Waals surface area contributed by atoms with E-state index >= 15 is 0 Å². The van der Waals surface area contributed by atoms with Crippen molar-refractivity contribution in [3.8, 4) is 5.75 Å². The second-order valence-electron chi connectivity index (χ2n) is 6.27. The molecule has 1 unspecified atom stereocenters. The van der Waals surface area contributed by atoms with Crippen molar-refractivity contribution in [3.63, 3.8) is 0 Å². The Morgan fingerprint density at radius 1 is 1.12 bits per heavy atom. The second kappa shape index (κ2) is 9.48. The zero-order valence-corrected chi connectivity index (χ0v) is 17.1. The molecule has 162 valence electrons. The molecule has 0 spiro atoms. The molecule has 2 aromatic heterocycles. The first kappa shape index (κ1) is 21.3. The van der Waals surface area contributed by atoms with Crippen LogP contribution >= 0.6 is 9.03 Å². The summed E-state index contributed by atoms with van der Waals surface area (Å²) in [6.45, 7) is 0. The summed E-state index contributed by atoms with van der Waals surface area (Å²) in [5, 5.41) is 14.5. The van der Waals surface area contributed by atoms with Crippen LogP contribution < -0.4 is 10.2 Å². The lowest BCUT2D eigenvalue weighted by Gasteiger charge is -2.10. The third kappa shape index (κ3) is 5.03. The third-order valence-electron chi connectivity index (χ3n) is 4.16. The first-order chi connectivity index (χ1) is 15.5. The average Bonchev–Trinajstić information content (AvgIpc) is 3.26. The Morgan fingerprint density at radius 2 is 1.94 bits per heavy atom. The van der Waals surface area contributed by atoms with Gasteiger partial charge in [-0.25, -0.2) is 14.4 Å². The summed E-state index contributed by atoms with van der Waals surface area (Å²) in [6.07, 6.45) is 2.98. The number of hydrogen-bond acceptors (Lipinski definition) is 9. The highest BCUT2D eigenvalue weighted by atomic mass is 31.1. The molecule has 2 heterocycles. The fraction of sp³-hybridized carbons (Fsp3) is 0. The monoisotopic (exact) mass is 456 g/mol. The largest absolute Gasteiger partial charge is 0.433 e. The maximum atomic E-state index is 13.8. The van der Waals surface area contributed by atoms with E-state index in [4.69, 9.17) is 14.2 Å². The van der Waals surface area contributed by atoms with E-state index in [-0.39, 0.29) is 17.5 Å². The van der Waals surface area contributed by atoms with Gasteiger partial charge < -0.3 is 19.5 Å². The highest BCUT2D eigenvalue weighted by Crippen LogP contribution is 2.27. The summed E-state index contributed by atoms with van der Waals surface area (Å²) in [5.41, 5.74) is 1.02. The SMILES string of the molecule is O=[N+]([O-])c1ccc(/C=C/c2nc(Nc3ccc(OOPO)cc3)c3ccc(F)cc3n2)o1. The van der Waals surface area contributed by atoms with Crippen molar-refractivity contribution in [1.82, 2.24) is 9.97 Å². The van der Waals surface area contributed by atoms with Crippen molar-refractivity contribution in [3.05, 3.63) is 82.1 Å². The van der Waals surface area contributed by atoms with E-state index in [1.54, 1.807) is 30.3 Å². The molecule has 4 aromatic rings. The Hall–Kier alpha value is -3.92. The lowest BCUT2D eigenvalue weighted by Crippen LogP contribution is -1.99. The smallest absolute Gasteiger partial charge is 0.401 e. The average molecular weight is 456 g/mol. The van der Waals surface area contributed by atoms with Gasteiger partial charge in [0.15, 0.2) is 11.6 Å².